The number of sulfonamides is 1. The number of rotatable bonds is 13. The molecule has 0 aliphatic rings. The van der Waals surface area contributed by atoms with Gasteiger partial charge in [0.1, 0.15) is 11.8 Å². The number of halogens is 1. The van der Waals surface area contributed by atoms with Gasteiger partial charge in [-0.15, -0.1) is 0 Å². The van der Waals surface area contributed by atoms with Crippen molar-refractivity contribution in [2.24, 2.45) is 0 Å². The Bertz CT molecular complexity index is 1400. The maximum Gasteiger partial charge on any atom is 0.242 e. The number of amides is 2. The van der Waals surface area contributed by atoms with Gasteiger partial charge in [0.2, 0.25) is 21.8 Å². The molecule has 0 fully saturated rings. The number of benzene rings is 3. The lowest BCUT2D eigenvalue weighted by Crippen LogP contribution is -2.49. The number of anilines is 1. The van der Waals surface area contributed by atoms with Crippen molar-refractivity contribution in [3.05, 3.63) is 94.5 Å². The molecular weight excluding hydrogens is 550 g/mol. The molecule has 0 aliphatic heterocycles. The number of nitrogens with one attached hydrogen (secondary N) is 1. The average Bonchev–Trinajstić information content (AvgIpc) is 2.93. The third-order valence-electron chi connectivity index (χ3n) is 6.57. The molecule has 0 saturated carbocycles. The standard InChI is InChI=1S/C30H36ClN3O5S/c1-22-12-14-24(15-13-22)21-33(27(30(36)32-2)19-23-9-6-5-7-10-23)29(35)11-8-18-34(40(4,37)38)25-16-17-28(39-3)26(31)20-25/h5-7,9-10,12-17,20,27H,8,11,18-19,21H2,1-4H3,(H,32,36)/t27-/m1/s1. The van der Waals surface area contributed by atoms with Gasteiger partial charge in [0.25, 0.3) is 0 Å². The maximum absolute atomic E-state index is 13.7. The molecule has 0 spiro atoms. The summed E-state index contributed by atoms with van der Waals surface area (Å²) in [7, 11) is -0.621. The Balaban J connectivity index is 1.84. The van der Waals surface area contributed by atoms with E-state index in [9.17, 15) is 18.0 Å². The fourth-order valence-corrected chi connectivity index (χ4v) is 5.63. The predicted octanol–water partition coefficient (Wildman–Crippen LogP) is 4.59. The Labute approximate surface area is 241 Å². The van der Waals surface area contributed by atoms with Crippen LogP contribution in [-0.2, 0) is 32.6 Å². The largest absolute Gasteiger partial charge is 0.495 e. The van der Waals surface area contributed by atoms with Crippen molar-refractivity contribution in [3.8, 4) is 5.75 Å². The van der Waals surface area contributed by atoms with Crippen molar-refractivity contribution >= 4 is 39.1 Å². The average molecular weight is 586 g/mol. The van der Waals surface area contributed by atoms with Crippen molar-refractivity contribution in [1.29, 1.82) is 0 Å². The molecule has 8 nitrogen and oxygen atoms in total. The second kappa shape index (κ2) is 14.2. The van der Waals surface area contributed by atoms with Crippen molar-refractivity contribution in [1.82, 2.24) is 10.2 Å². The highest BCUT2D eigenvalue weighted by Crippen LogP contribution is 2.30. The smallest absolute Gasteiger partial charge is 0.242 e. The molecule has 3 aromatic rings. The van der Waals surface area contributed by atoms with Gasteiger partial charge in [0.05, 0.1) is 24.1 Å². The minimum Gasteiger partial charge on any atom is -0.495 e. The van der Waals surface area contributed by atoms with Crippen LogP contribution in [0.1, 0.15) is 29.5 Å². The lowest BCUT2D eigenvalue weighted by molar-refractivity contribution is -0.141. The van der Waals surface area contributed by atoms with Crippen LogP contribution in [0.2, 0.25) is 5.02 Å². The Morgan fingerprint density at radius 2 is 1.68 bits per heavy atom. The Hall–Kier alpha value is -3.56. The van der Waals surface area contributed by atoms with Crippen LogP contribution in [0.15, 0.2) is 72.8 Å². The molecule has 1 N–H and O–H groups in total. The SMILES string of the molecule is CNC(=O)[C@@H](Cc1ccccc1)N(Cc1ccc(C)cc1)C(=O)CCCN(c1ccc(OC)c(Cl)c1)S(C)(=O)=O. The van der Waals surface area contributed by atoms with E-state index in [1.54, 1.807) is 24.1 Å². The molecule has 0 bridgehead atoms. The summed E-state index contributed by atoms with van der Waals surface area (Å²) in [6.45, 7) is 2.29. The summed E-state index contributed by atoms with van der Waals surface area (Å²) in [6.07, 6.45) is 1.74. The number of aryl methyl sites for hydroxylation is 1. The summed E-state index contributed by atoms with van der Waals surface area (Å²) in [5.74, 6) is -0.0827. The molecule has 40 heavy (non-hydrogen) atoms. The molecule has 3 rings (SSSR count). The molecule has 0 aromatic heterocycles. The number of carbonyl (C=O) groups is 2. The maximum atomic E-state index is 13.7. The molecule has 0 saturated heterocycles. The molecule has 10 heteroatoms. The number of likely N-dealkylation sites (N-methyl/N-ethyl adjacent to an activating group) is 1. The van der Waals surface area contributed by atoms with Crippen LogP contribution in [0.5, 0.6) is 5.75 Å². The number of hydrogen-bond donors (Lipinski definition) is 1. The van der Waals surface area contributed by atoms with E-state index in [1.165, 1.54) is 17.5 Å². The lowest BCUT2D eigenvalue weighted by atomic mass is 10.0. The van der Waals surface area contributed by atoms with E-state index in [1.807, 2.05) is 61.5 Å². The first-order valence-corrected chi connectivity index (χ1v) is 15.2. The van der Waals surface area contributed by atoms with Crippen LogP contribution >= 0.6 is 11.6 Å². The van der Waals surface area contributed by atoms with Gasteiger partial charge >= 0.3 is 0 Å². The summed E-state index contributed by atoms with van der Waals surface area (Å²) in [5.41, 5.74) is 3.29. The molecule has 3 aromatic carbocycles. The van der Waals surface area contributed by atoms with Gasteiger partial charge in [-0.25, -0.2) is 8.42 Å². The normalized spacial score (nSPS) is 11.9. The quantitative estimate of drug-likeness (QED) is 0.317. The van der Waals surface area contributed by atoms with Gasteiger partial charge in [0, 0.05) is 33.0 Å². The fourth-order valence-electron chi connectivity index (χ4n) is 4.43. The Kier molecular flexibility index (Phi) is 11.0. The Morgan fingerprint density at radius 3 is 2.25 bits per heavy atom. The number of hydrogen-bond acceptors (Lipinski definition) is 5. The van der Waals surface area contributed by atoms with E-state index < -0.39 is 16.1 Å². The van der Waals surface area contributed by atoms with Gasteiger partial charge in [-0.2, -0.15) is 0 Å². The van der Waals surface area contributed by atoms with Gasteiger partial charge in [-0.3, -0.25) is 13.9 Å². The zero-order valence-corrected chi connectivity index (χ0v) is 24.8. The minimum atomic E-state index is -3.65. The van der Waals surface area contributed by atoms with Gasteiger partial charge < -0.3 is 15.0 Å². The minimum absolute atomic E-state index is 0.0457. The Morgan fingerprint density at radius 1 is 1.00 bits per heavy atom. The summed E-state index contributed by atoms with van der Waals surface area (Å²) in [6, 6.07) is 21.3. The fraction of sp³-hybridized carbons (Fsp3) is 0.333. The van der Waals surface area contributed by atoms with Crippen LogP contribution in [-0.4, -0.2) is 58.1 Å². The molecule has 2 amide bonds. The molecule has 1 atom stereocenters. The van der Waals surface area contributed by atoms with Crippen LogP contribution in [0, 0.1) is 6.92 Å². The molecule has 0 unspecified atom stereocenters. The topological polar surface area (TPSA) is 96.0 Å². The van der Waals surface area contributed by atoms with Crippen molar-refractivity contribution in [2.75, 3.05) is 31.3 Å². The number of ether oxygens (including phenoxy) is 1. The van der Waals surface area contributed by atoms with E-state index in [-0.39, 0.29) is 42.8 Å². The summed E-state index contributed by atoms with van der Waals surface area (Å²) in [5, 5.41) is 2.98. The van der Waals surface area contributed by atoms with Gasteiger partial charge in [-0.1, -0.05) is 71.8 Å². The van der Waals surface area contributed by atoms with Crippen molar-refractivity contribution in [3.63, 3.8) is 0 Å². The van der Waals surface area contributed by atoms with Gasteiger partial charge in [-0.05, 0) is 42.7 Å². The number of carbonyl (C=O) groups excluding carboxylic acids is 2. The second-order valence-electron chi connectivity index (χ2n) is 9.58. The van der Waals surface area contributed by atoms with Crippen molar-refractivity contribution < 1.29 is 22.7 Å². The van der Waals surface area contributed by atoms with Crippen molar-refractivity contribution in [2.45, 2.75) is 38.8 Å². The zero-order valence-electron chi connectivity index (χ0n) is 23.3. The summed E-state index contributed by atoms with van der Waals surface area (Å²) in [4.78, 5) is 28.4. The first kappa shape index (κ1) is 31.0. The molecule has 214 valence electrons. The highest BCUT2D eigenvalue weighted by molar-refractivity contribution is 7.92. The summed E-state index contributed by atoms with van der Waals surface area (Å²) < 4.78 is 31.6. The lowest BCUT2D eigenvalue weighted by Gasteiger charge is -2.31. The molecule has 0 aliphatic carbocycles. The highest BCUT2D eigenvalue weighted by Gasteiger charge is 2.30. The van der Waals surface area contributed by atoms with Gasteiger partial charge in [0.15, 0.2) is 0 Å². The first-order valence-electron chi connectivity index (χ1n) is 12.9. The highest BCUT2D eigenvalue weighted by atomic mass is 35.5. The monoisotopic (exact) mass is 585 g/mol. The van der Waals surface area contributed by atoms with E-state index in [0.29, 0.717) is 17.9 Å². The first-order chi connectivity index (χ1) is 19.0. The van der Waals surface area contributed by atoms with Crippen LogP contribution < -0.4 is 14.4 Å². The predicted molar refractivity (Wildman–Crippen MR) is 159 cm³/mol. The zero-order chi connectivity index (χ0) is 29.3. The third kappa shape index (κ3) is 8.47. The summed E-state index contributed by atoms with van der Waals surface area (Å²) >= 11 is 6.24. The third-order valence-corrected chi connectivity index (χ3v) is 8.06. The second-order valence-corrected chi connectivity index (χ2v) is 11.9. The molecule has 0 radical (unpaired) electrons. The van der Waals surface area contributed by atoms with E-state index in [2.05, 4.69) is 5.32 Å². The van der Waals surface area contributed by atoms with E-state index >= 15 is 0 Å². The van der Waals surface area contributed by atoms with Crippen LogP contribution in [0.3, 0.4) is 0 Å². The number of nitrogens with zero attached hydrogens (tertiary/aromatic N) is 2. The molecule has 0 heterocycles. The number of methoxy groups -OCH3 is 1. The van der Waals surface area contributed by atoms with E-state index in [0.717, 1.165) is 22.9 Å². The van der Waals surface area contributed by atoms with Crippen LogP contribution in [0.25, 0.3) is 0 Å². The molecular formula is C30H36ClN3O5S. The van der Waals surface area contributed by atoms with Crippen LogP contribution in [0.4, 0.5) is 5.69 Å². The van der Waals surface area contributed by atoms with E-state index in [4.69, 9.17) is 16.3 Å².